The van der Waals surface area contributed by atoms with Gasteiger partial charge < -0.3 is 14.8 Å². The van der Waals surface area contributed by atoms with Gasteiger partial charge in [-0.3, -0.25) is 9.78 Å². The Morgan fingerprint density at radius 3 is 2.67 bits per heavy atom. The van der Waals surface area contributed by atoms with Crippen molar-refractivity contribution in [2.75, 3.05) is 13.7 Å². The van der Waals surface area contributed by atoms with Gasteiger partial charge in [-0.2, -0.15) is 0 Å². The molecule has 1 aromatic carbocycles. The van der Waals surface area contributed by atoms with Crippen molar-refractivity contribution in [3.8, 4) is 5.75 Å². The minimum atomic E-state index is -0.132. The highest BCUT2D eigenvalue weighted by atomic mass is 16.5. The van der Waals surface area contributed by atoms with Crippen LogP contribution in [0.3, 0.4) is 0 Å². The molecule has 0 unspecified atom stereocenters. The van der Waals surface area contributed by atoms with E-state index in [-0.39, 0.29) is 12.5 Å². The summed E-state index contributed by atoms with van der Waals surface area (Å²) >= 11 is 0. The van der Waals surface area contributed by atoms with Crippen LogP contribution < -0.4 is 10.1 Å². The predicted molar refractivity (Wildman–Crippen MR) is 78.7 cm³/mol. The highest BCUT2D eigenvalue weighted by Gasteiger charge is 2.01. The zero-order valence-electron chi connectivity index (χ0n) is 11.9. The standard InChI is InChI=1S/C16H18N2O3/c1-20-12-16(19)18-10-13-5-7-15(8-6-13)21-11-14-4-2-3-9-17-14/h2-9H,10-12H2,1H3,(H,18,19). The molecule has 0 bridgehead atoms. The number of hydrogen-bond donors (Lipinski definition) is 1. The van der Waals surface area contributed by atoms with Crippen LogP contribution in [-0.2, 0) is 22.7 Å². The Morgan fingerprint density at radius 1 is 1.19 bits per heavy atom. The first kappa shape index (κ1) is 15.0. The van der Waals surface area contributed by atoms with Gasteiger partial charge in [-0.25, -0.2) is 0 Å². The summed E-state index contributed by atoms with van der Waals surface area (Å²) in [5.41, 5.74) is 1.89. The molecule has 5 nitrogen and oxygen atoms in total. The molecule has 5 heteroatoms. The maximum Gasteiger partial charge on any atom is 0.246 e. The number of ether oxygens (including phenoxy) is 2. The highest BCUT2D eigenvalue weighted by molar-refractivity contribution is 5.77. The lowest BCUT2D eigenvalue weighted by Crippen LogP contribution is -2.26. The SMILES string of the molecule is COCC(=O)NCc1ccc(OCc2ccccn2)cc1. The van der Waals surface area contributed by atoms with Crippen molar-refractivity contribution in [1.29, 1.82) is 0 Å². The maximum atomic E-state index is 11.3. The summed E-state index contributed by atoms with van der Waals surface area (Å²) in [4.78, 5) is 15.5. The van der Waals surface area contributed by atoms with E-state index in [1.165, 1.54) is 7.11 Å². The lowest BCUT2D eigenvalue weighted by Gasteiger charge is -2.08. The van der Waals surface area contributed by atoms with Crippen molar-refractivity contribution in [2.24, 2.45) is 0 Å². The molecule has 2 rings (SSSR count). The summed E-state index contributed by atoms with van der Waals surface area (Å²) in [7, 11) is 1.49. The number of benzene rings is 1. The van der Waals surface area contributed by atoms with E-state index < -0.39 is 0 Å². The molecule has 110 valence electrons. The number of carbonyl (C=O) groups is 1. The molecule has 0 saturated carbocycles. The zero-order chi connectivity index (χ0) is 14.9. The first-order valence-electron chi connectivity index (χ1n) is 6.65. The van der Waals surface area contributed by atoms with Gasteiger partial charge in [0.05, 0.1) is 5.69 Å². The van der Waals surface area contributed by atoms with E-state index in [1.54, 1.807) is 6.20 Å². The minimum Gasteiger partial charge on any atom is -0.487 e. The van der Waals surface area contributed by atoms with E-state index >= 15 is 0 Å². The zero-order valence-corrected chi connectivity index (χ0v) is 11.9. The van der Waals surface area contributed by atoms with E-state index in [9.17, 15) is 4.79 Å². The predicted octanol–water partition coefficient (Wildman–Crippen LogP) is 1.92. The third-order valence-electron chi connectivity index (χ3n) is 2.80. The summed E-state index contributed by atoms with van der Waals surface area (Å²) in [6, 6.07) is 13.3. The molecule has 0 radical (unpaired) electrons. The normalized spacial score (nSPS) is 10.1. The van der Waals surface area contributed by atoms with Crippen LogP contribution in [-0.4, -0.2) is 24.6 Å². The fourth-order valence-corrected chi connectivity index (χ4v) is 1.73. The molecular formula is C16H18N2O3. The van der Waals surface area contributed by atoms with Gasteiger partial charge in [0.2, 0.25) is 5.91 Å². The van der Waals surface area contributed by atoms with Crippen LogP contribution in [0.25, 0.3) is 0 Å². The van der Waals surface area contributed by atoms with Crippen molar-refractivity contribution >= 4 is 5.91 Å². The smallest absolute Gasteiger partial charge is 0.246 e. The fourth-order valence-electron chi connectivity index (χ4n) is 1.73. The molecule has 0 saturated heterocycles. The maximum absolute atomic E-state index is 11.3. The van der Waals surface area contributed by atoms with Gasteiger partial charge in [-0.15, -0.1) is 0 Å². The Hall–Kier alpha value is -2.40. The topological polar surface area (TPSA) is 60.5 Å². The quantitative estimate of drug-likeness (QED) is 0.845. The van der Waals surface area contributed by atoms with Crippen LogP contribution in [0.5, 0.6) is 5.75 Å². The number of methoxy groups -OCH3 is 1. The third kappa shape index (κ3) is 5.24. The Kier molecular flexibility index (Phi) is 5.72. The van der Waals surface area contributed by atoms with E-state index in [4.69, 9.17) is 9.47 Å². The highest BCUT2D eigenvalue weighted by Crippen LogP contribution is 2.13. The number of nitrogens with one attached hydrogen (secondary N) is 1. The van der Waals surface area contributed by atoms with E-state index in [0.717, 1.165) is 17.0 Å². The Labute approximate surface area is 123 Å². The lowest BCUT2D eigenvalue weighted by atomic mass is 10.2. The summed E-state index contributed by atoms with van der Waals surface area (Å²) in [5, 5.41) is 2.76. The second kappa shape index (κ2) is 8.01. The van der Waals surface area contributed by atoms with Gasteiger partial charge >= 0.3 is 0 Å². The molecular weight excluding hydrogens is 268 g/mol. The number of carbonyl (C=O) groups excluding carboxylic acids is 1. The molecule has 21 heavy (non-hydrogen) atoms. The second-order valence-corrected chi connectivity index (χ2v) is 4.46. The van der Waals surface area contributed by atoms with E-state index in [1.807, 2.05) is 42.5 Å². The summed E-state index contributed by atoms with van der Waals surface area (Å²) in [5.74, 6) is 0.639. The number of pyridine rings is 1. The van der Waals surface area contributed by atoms with Crippen molar-refractivity contribution in [3.63, 3.8) is 0 Å². The van der Waals surface area contributed by atoms with Crippen LogP contribution in [0.1, 0.15) is 11.3 Å². The molecule has 0 aliphatic heterocycles. The van der Waals surface area contributed by atoms with Crippen LogP contribution >= 0.6 is 0 Å². The molecule has 1 N–H and O–H groups in total. The lowest BCUT2D eigenvalue weighted by molar-refractivity contribution is -0.124. The third-order valence-corrected chi connectivity index (χ3v) is 2.80. The van der Waals surface area contributed by atoms with Gasteiger partial charge in [0.15, 0.2) is 0 Å². The molecule has 0 atom stereocenters. The molecule has 0 aliphatic carbocycles. The van der Waals surface area contributed by atoms with Crippen molar-refractivity contribution in [3.05, 3.63) is 59.9 Å². The second-order valence-electron chi connectivity index (χ2n) is 4.46. The molecule has 1 aromatic heterocycles. The monoisotopic (exact) mass is 286 g/mol. The average Bonchev–Trinajstić information content (AvgIpc) is 2.53. The first-order valence-corrected chi connectivity index (χ1v) is 6.65. The molecule has 2 aromatic rings. The number of amides is 1. The summed E-state index contributed by atoms with van der Waals surface area (Å²) in [6.45, 7) is 0.985. The van der Waals surface area contributed by atoms with Gasteiger partial charge in [-0.05, 0) is 29.8 Å². The number of rotatable bonds is 7. The van der Waals surface area contributed by atoms with Crippen molar-refractivity contribution in [2.45, 2.75) is 13.2 Å². The van der Waals surface area contributed by atoms with Gasteiger partial charge in [0.1, 0.15) is 19.0 Å². The van der Waals surface area contributed by atoms with Crippen molar-refractivity contribution in [1.82, 2.24) is 10.3 Å². The van der Waals surface area contributed by atoms with E-state index in [2.05, 4.69) is 10.3 Å². The number of nitrogens with zero attached hydrogens (tertiary/aromatic N) is 1. The number of hydrogen-bond acceptors (Lipinski definition) is 4. The summed E-state index contributed by atoms with van der Waals surface area (Å²) in [6.07, 6.45) is 1.74. The fraction of sp³-hybridized carbons (Fsp3) is 0.250. The first-order chi connectivity index (χ1) is 10.3. The van der Waals surface area contributed by atoms with Gasteiger partial charge in [0, 0.05) is 19.9 Å². The number of aromatic nitrogens is 1. The Balaban J connectivity index is 1.80. The average molecular weight is 286 g/mol. The molecule has 1 amide bonds. The van der Waals surface area contributed by atoms with Crippen LogP contribution in [0.2, 0.25) is 0 Å². The minimum absolute atomic E-state index is 0.0747. The molecule has 0 aliphatic rings. The molecule has 0 fully saturated rings. The van der Waals surface area contributed by atoms with Crippen molar-refractivity contribution < 1.29 is 14.3 Å². The molecule has 1 heterocycles. The van der Waals surface area contributed by atoms with Crippen LogP contribution in [0, 0.1) is 0 Å². The summed E-state index contributed by atoms with van der Waals surface area (Å²) < 4.78 is 10.4. The van der Waals surface area contributed by atoms with Gasteiger partial charge in [-0.1, -0.05) is 18.2 Å². The van der Waals surface area contributed by atoms with E-state index in [0.29, 0.717) is 13.2 Å². The van der Waals surface area contributed by atoms with Crippen LogP contribution in [0.15, 0.2) is 48.7 Å². The largest absolute Gasteiger partial charge is 0.487 e. The van der Waals surface area contributed by atoms with Crippen LogP contribution in [0.4, 0.5) is 0 Å². The Bertz CT molecular complexity index is 555. The Morgan fingerprint density at radius 2 is 2.00 bits per heavy atom. The molecule has 0 spiro atoms. The van der Waals surface area contributed by atoms with Gasteiger partial charge in [0.25, 0.3) is 0 Å².